The number of aromatic nitrogens is 2. The summed E-state index contributed by atoms with van der Waals surface area (Å²) in [5, 5.41) is 9.22. The molecule has 0 atom stereocenters. The van der Waals surface area contributed by atoms with Crippen molar-refractivity contribution in [1.29, 1.82) is 0 Å². The Kier molecular flexibility index (Phi) is 2.90. The van der Waals surface area contributed by atoms with Gasteiger partial charge >= 0.3 is 11.7 Å². The second kappa shape index (κ2) is 4.63. The van der Waals surface area contributed by atoms with Gasteiger partial charge in [-0.2, -0.15) is 0 Å². The van der Waals surface area contributed by atoms with Crippen molar-refractivity contribution >= 4 is 17.0 Å². The van der Waals surface area contributed by atoms with Gasteiger partial charge in [-0.15, -0.1) is 0 Å². The summed E-state index contributed by atoms with van der Waals surface area (Å²) < 4.78 is 1.52. The molecule has 0 unspecified atom stereocenters. The third kappa shape index (κ3) is 2.03. The Bertz CT molecular complexity index is 919. The van der Waals surface area contributed by atoms with Gasteiger partial charge in [0.15, 0.2) is 0 Å². The highest BCUT2D eigenvalue weighted by molar-refractivity contribution is 6.01. The summed E-state index contributed by atoms with van der Waals surface area (Å²) in [6.07, 6.45) is 0. The van der Waals surface area contributed by atoms with Crippen molar-refractivity contribution in [2.24, 2.45) is 0 Å². The summed E-state index contributed by atoms with van der Waals surface area (Å²) in [5.41, 5.74) is 3.40. The van der Waals surface area contributed by atoms with E-state index in [-0.39, 0.29) is 11.3 Å². The quantitative estimate of drug-likeness (QED) is 0.758. The van der Waals surface area contributed by atoms with Gasteiger partial charge in [0.05, 0.1) is 22.3 Å². The Balaban J connectivity index is 2.42. The van der Waals surface area contributed by atoms with Crippen LogP contribution in [-0.2, 0) is 0 Å². The Labute approximate surface area is 120 Å². The van der Waals surface area contributed by atoms with E-state index in [0.717, 1.165) is 16.8 Å². The minimum absolute atomic E-state index is 0.0913. The number of imidazole rings is 1. The fraction of sp³-hybridized carbons (Fsp3) is 0.125. The zero-order chi connectivity index (χ0) is 15.1. The van der Waals surface area contributed by atoms with E-state index in [1.807, 2.05) is 32.0 Å². The van der Waals surface area contributed by atoms with Crippen molar-refractivity contribution in [2.45, 2.75) is 13.8 Å². The number of aromatic amines is 1. The molecular weight excluding hydrogens is 268 g/mol. The number of carboxylic acid groups (broad SMARTS) is 1. The first-order valence-electron chi connectivity index (χ1n) is 6.53. The molecule has 0 saturated heterocycles. The highest BCUT2D eigenvalue weighted by Gasteiger charge is 2.16. The minimum Gasteiger partial charge on any atom is -0.478 e. The van der Waals surface area contributed by atoms with Crippen molar-refractivity contribution in [1.82, 2.24) is 9.55 Å². The van der Waals surface area contributed by atoms with E-state index in [1.54, 1.807) is 12.1 Å². The maximum atomic E-state index is 12.3. The van der Waals surface area contributed by atoms with Crippen LogP contribution in [0.1, 0.15) is 21.5 Å². The van der Waals surface area contributed by atoms with Crippen LogP contribution < -0.4 is 5.69 Å². The molecule has 3 rings (SSSR count). The summed E-state index contributed by atoms with van der Waals surface area (Å²) >= 11 is 0. The highest BCUT2D eigenvalue weighted by Crippen LogP contribution is 2.21. The number of aromatic carboxylic acids is 1. The number of aryl methyl sites for hydroxylation is 2. The van der Waals surface area contributed by atoms with E-state index in [1.165, 1.54) is 10.6 Å². The van der Waals surface area contributed by atoms with E-state index in [2.05, 4.69) is 4.98 Å². The molecule has 21 heavy (non-hydrogen) atoms. The standard InChI is InChI=1S/C16H14N2O3/c1-9-6-7-10(2)13(8-9)18-12-5-3-4-11(15(19)20)14(12)17-16(18)21/h3-8H,1-2H3,(H,17,21)(H,19,20). The zero-order valence-electron chi connectivity index (χ0n) is 11.7. The molecule has 3 aromatic rings. The average Bonchev–Trinajstić information content (AvgIpc) is 2.77. The lowest BCUT2D eigenvalue weighted by Crippen LogP contribution is -2.15. The maximum Gasteiger partial charge on any atom is 0.337 e. The first kappa shape index (κ1) is 13.2. The van der Waals surface area contributed by atoms with Gasteiger partial charge in [-0.1, -0.05) is 18.2 Å². The molecule has 5 nitrogen and oxygen atoms in total. The van der Waals surface area contributed by atoms with E-state index >= 15 is 0 Å². The molecule has 0 spiro atoms. The average molecular weight is 282 g/mol. The molecule has 0 aliphatic carbocycles. The Morgan fingerprint density at radius 2 is 1.95 bits per heavy atom. The fourth-order valence-electron chi connectivity index (χ4n) is 2.51. The molecule has 0 radical (unpaired) electrons. The van der Waals surface area contributed by atoms with Gasteiger partial charge in [-0.3, -0.25) is 4.57 Å². The minimum atomic E-state index is -1.06. The number of nitrogens with one attached hydrogen (secondary N) is 1. The largest absolute Gasteiger partial charge is 0.478 e. The van der Waals surface area contributed by atoms with Crippen molar-refractivity contribution in [3.8, 4) is 5.69 Å². The summed E-state index contributed by atoms with van der Waals surface area (Å²) in [6.45, 7) is 3.87. The number of carbonyl (C=O) groups is 1. The number of para-hydroxylation sites is 1. The smallest absolute Gasteiger partial charge is 0.337 e. The number of hydrogen-bond acceptors (Lipinski definition) is 2. The molecule has 0 aliphatic heterocycles. The molecular formula is C16H14N2O3. The van der Waals surface area contributed by atoms with Gasteiger partial charge in [-0.25, -0.2) is 9.59 Å². The first-order chi connectivity index (χ1) is 9.99. The Morgan fingerprint density at radius 3 is 2.67 bits per heavy atom. The van der Waals surface area contributed by atoms with Crippen molar-refractivity contribution < 1.29 is 9.90 Å². The van der Waals surface area contributed by atoms with E-state index in [4.69, 9.17) is 0 Å². The van der Waals surface area contributed by atoms with Crippen LogP contribution in [0.3, 0.4) is 0 Å². The van der Waals surface area contributed by atoms with Crippen LogP contribution >= 0.6 is 0 Å². The molecule has 0 bridgehead atoms. The van der Waals surface area contributed by atoms with Crippen LogP contribution in [0.25, 0.3) is 16.7 Å². The number of nitrogens with zero attached hydrogens (tertiary/aromatic N) is 1. The number of benzene rings is 2. The van der Waals surface area contributed by atoms with Crippen LogP contribution in [0.2, 0.25) is 0 Å². The van der Waals surface area contributed by atoms with Crippen molar-refractivity contribution in [2.75, 3.05) is 0 Å². The van der Waals surface area contributed by atoms with Crippen molar-refractivity contribution in [3.05, 3.63) is 63.6 Å². The highest BCUT2D eigenvalue weighted by atomic mass is 16.4. The van der Waals surface area contributed by atoms with Crippen LogP contribution in [0, 0.1) is 13.8 Å². The third-order valence-electron chi connectivity index (χ3n) is 3.55. The Morgan fingerprint density at radius 1 is 1.19 bits per heavy atom. The molecule has 0 saturated carbocycles. The van der Waals surface area contributed by atoms with Crippen LogP contribution in [-0.4, -0.2) is 20.6 Å². The third-order valence-corrected chi connectivity index (χ3v) is 3.55. The van der Waals surface area contributed by atoms with Gasteiger partial charge in [-0.05, 0) is 43.2 Å². The topological polar surface area (TPSA) is 75.1 Å². The summed E-state index contributed by atoms with van der Waals surface area (Å²) in [5.74, 6) is -1.06. The van der Waals surface area contributed by atoms with Gasteiger partial charge in [0.1, 0.15) is 0 Å². The van der Waals surface area contributed by atoms with E-state index < -0.39 is 5.97 Å². The lowest BCUT2D eigenvalue weighted by atomic mass is 10.1. The van der Waals surface area contributed by atoms with Gasteiger partial charge in [0.2, 0.25) is 0 Å². The second-order valence-corrected chi connectivity index (χ2v) is 5.06. The summed E-state index contributed by atoms with van der Waals surface area (Å²) in [4.78, 5) is 26.2. The van der Waals surface area contributed by atoms with Gasteiger partial charge in [0, 0.05) is 0 Å². The second-order valence-electron chi connectivity index (χ2n) is 5.06. The van der Waals surface area contributed by atoms with Crippen LogP contribution in [0.5, 0.6) is 0 Å². The molecule has 0 fully saturated rings. The molecule has 2 aromatic carbocycles. The first-order valence-corrected chi connectivity index (χ1v) is 6.53. The predicted octanol–water partition coefficient (Wildman–Crippen LogP) is 2.63. The van der Waals surface area contributed by atoms with E-state index in [9.17, 15) is 14.7 Å². The SMILES string of the molecule is Cc1ccc(C)c(-n2c(=O)[nH]c3c(C(=O)O)cccc32)c1. The molecule has 1 aromatic heterocycles. The fourth-order valence-corrected chi connectivity index (χ4v) is 2.51. The normalized spacial score (nSPS) is 11.0. The van der Waals surface area contributed by atoms with Crippen molar-refractivity contribution in [3.63, 3.8) is 0 Å². The number of carboxylic acids is 1. The molecule has 0 amide bonds. The molecule has 2 N–H and O–H groups in total. The number of H-pyrrole nitrogens is 1. The molecule has 106 valence electrons. The monoisotopic (exact) mass is 282 g/mol. The Hall–Kier alpha value is -2.82. The predicted molar refractivity (Wildman–Crippen MR) is 80.3 cm³/mol. The maximum absolute atomic E-state index is 12.3. The van der Waals surface area contributed by atoms with E-state index in [0.29, 0.717) is 11.0 Å². The number of rotatable bonds is 2. The molecule has 0 aliphatic rings. The number of fused-ring (bicyclic) bond motifs is 1. The van der Waals surface area contributed by atoms with Gasteiger partial charge < -0.3 is 10.1 Å². The lowest BCUT2D eigenvalue weighted by molar-refractivity contribution is 0.0699. The van der Waals surface area contributed by atoms with Crippen LogP contribution in [0.4, 0.5) is 0 Å². The molecule has 5 heteroatoms. The number of hydrogen-bond donors (Lipinski definition) is 2. The van der Waals surface area contributed by atoms with Gasteiger partial charge in [0.25, 0.3) is 0 Å². The van der Waals surface area contributed by atoms with Crippen LogP contribution in [0.15, 0.2) is 41.2 Å². The summed E-state index contributed by atoms with van der Waals surface area (Å²) in [6, 6.07) is 10.7. The summed E-state index contributed by atoms with van der Waals surface area (Å²) in [7, 11) is 0. The lowest BCUT2D eigenvalue weighted by Gasteiger charge is -2.08. The molecule has 1 heterocycles. The zero-order valence-corrected chi connectivity index (χ0v) is 11.7.